The topological polar surface area (TPSA) is 106 Å². The van der Waals surface area contributed by atoms with Crippen molar-refractivity contribution in [3.05, 3.63) is 50.2 Å². The van der Waals surface area contributed by atoms with Crippen molar-refractivity contribution in [3.8, 4) is 17.2 Å². The normalized spacial score (nSPS) is 13.7. The van der Waals surface area contributed by atoms with Crippen LogP contribution in [0.5, 0.6) is 0 Å². The molecule has 0 aliphatic heterocycles. The standard InChI is InChI=1S/C17H15ClN4O2/c18-13-7-6-10(8-15(13)22(23)24)16-11-4-2-1-3-5-14(11)21-17(20)12(16)9-19/h6-8H,1-5H2,(H2,20,21). The number of nitrogens with two attached hydrogens (primary N) is 1. The number of fused-ring (bicyclic) bond motifs is 1. The lowest BCUT2D eigenvalue weighted by Crippen LogP contribution is -2.07. The lowest BCUT2D eigenvalue weighted by Gasteiger charge is -2.16. The minimum atomic E-state index is -0.527. The van der Waals surface area contributed by atoms with Gasteiger partial charge in [0.1, 0.15) is 22.5 Å². The zero-order valence-corrected chi connectivity index (χ0v) is 13.6. The van der Waals surface area contributed by atoms with Crippen molar-refractivity contribution in [3.63, 3.8) is 0 Å². The SMILES string of the molecule is N#Cc1c(N)nc2c(c1-c1ccc(Cl)c([N+](=O)[O-])c1)CCCCC2. The number of anilines is 1. The van der Waals surface area contributed by atoms with E-state index in [9.17, 15) is 15.4 Å². The highest BCUT2D eigenvalue weighted by Crippen LogP contribution is 2.38. The zero-order valence-electron chi connectivity index (χ0n) is 12.9. The Morgan fingerprint density at radius 3 is 2.75 bits per heavy atom. The molecular formula is C17H15ClN4O2. The lowest BCUT2D eigenvalue weighted by atomic mass is 9.91. The molecule has 1 heterocycles. The Balaban J connectivity index is 2.31. The van der Waals surface area contributed by atoms with Gasteiger partial charge in [0, 0.05) is 17.3 Å². The number of pyridine rings is 1. The minimum Gasteiger partial charge on any atom is -0.383 e. The number of hydrogen-bond acceptors (Lipinski definition) is 5. The Labute approximate surface area is 144 Å². The first-order valence-electron chi connectivity index (χ1n) is 7.68. The summed E-state index contributed by atoms with van der Waals surface area (Å²) in [4.78, 5) is 15.1. The Morgan fingerprint density at radius 2 is 2.04 bits per heavy atom. The van der Waals surface area contributed by atoms with Crippen LogP contribution in [0.15, 0.2) is 18.2 Å². The third kappa shape index (κ3) is 2.79. The van der Waals surface area contributed by atoms with E-state index in [0.717, 1.165) is 43.4 Å². The minimum absolute atomic E-state index is 0.0652. The van der Waals surface area contributed by atoms with Gasteiger partial charge in [-0.2, -0.15) is 5.26 Å². The number of nitrogen functional groups attached to an aromatic ring is 1. The van der Waals surface area contributed by atoms with E-state index in [2.05, 4.69) is 11.1 Å². The molecule has 2 aromatic rings. The first-order valence-corrected chi connectivity index (χ1v) is 8.06. The number of nitrogens with zero attached hydrogens (tertiary/aromatic N) is 3. The molecule has 0 amide bonds. The van der Waals surface area contributed by atoms with Gasteiger partial charge in [-0.3, -0.25) is 10.1 Å². The second-order valence-corrected chi connectivity index (χ2v) is 6.18. The summed E-state index contributed by atoms with van der Waals surface area (Å²) >= 11 is 5.91. The van der Waals surface area contributed by atoms with Crippen LogP contribution in [0.1, 0.15) is 36.1 Å². The molecule has 1 aromatic heterocycles. The molecule has 0 fully saturated rings. The summed E-state index contributed by atoms with van der Waals surface area (Å²) in [6.07, 6.45) is 4.67. The fourth-order valence-corrected chi connectivity index (χ4v) is 3.37. The van der Waals surface area contributed by atoms with Gasteiger partial charge in [-0.25, -0.2) is 4.98 Å². The molecule has 122 valence electrons. The van der Waals surface area contributed by atoms with Gasteiger partial charge in [0.15, 0.2) is 0 Å². The summed E-state index contributed by atoms with van der Waals surface area (Å²) in [7, 11) is 0. The van der Waals surface area contributed by atoms with Gasteiger partial charge in [0.05, 0.1) is 4.92 Å². The van der Waals surface area contributed by atoms with Crippen molar-refractivity contribution < 1.29 is 4.92 Å². The van der Waals surface area contributed by atoms with Crippen LogP contribution in [-0.2, 0) is 12.8 Å². The Hall–Kier alpha value is -2.65. The molecule has 1 aromatic carbocycles. The van der Waals surface area contributed by atoms with Crippen molar-refractivity contribution in [2.24, 2.45) is 0 Å². The van der Waals surface area contributed by atoms with E-state index in [0.29, 0.717) is 11.1 Å². The van der Waals surface area contributed by atoms with E-state index in [1.807, 2.05) is 0 Å². The van der Waals surface area contributed by atoms with E-state index >= 15 is 0 Å². The van der Waals surface area contributed by atoms with Crippen molar-refractivity contribution in [2.45, 2.75) is 32.1 Å². The summed E-state index contributed by atoms with van der Waals surface area (Å²) in [6.45, 7) is 0. The van der Waals surface area contributed by atoms with Crippen molar-refractivity contribution in [2.75, 3.05) is 5.73 Å². The van der Waals surface area contributed by atoms with Crippen molar-refractivity contribution in [1.29, 1.82) is 5.26 Å². The number of hydrogen-bond donors (Lipinski definition) is 1. The van der Waals surface area contributed by atoms with Crippen LogP contribution in [0.3, 0.4) is 0 Å². The number of rotatable bonds is 2. The summed E-state index contributed by atoms with van der Waals surface area (Å²) in [5.41, 5.74) is 9.15. The molecule has 0 atom stereocenters. The third-order valence-corrected chi connectivity index (χ3v) is 4.61. The van der Waals surface area contributed by atoms with Crippen LogP contribution >= 0.6 is 11.6 Å². The van der Waals surface area contributed by atoms with Crippen LogP contribution in [0.4, 0.5) is 11.5 Å². The third-order valence-electron chi connectivity index (χ3n) is 4.30. The largest absolute Gasteiger partial charge is 0.383 e. The quantitative estimate of drug-likeness (QED) is 0.503. The maximum atomic E-state index is 11.2. The number of aromatic nitrogens is 1. The zero-order chi connectivity index (χ0) is 17.3. The van der Waals surface area contributed by atoms with E-state index in [1.165, 1.54) is 12.1 Å². The lowest BCUT2D eigenvalue weighted by molar-refractivity contribution is -0.384. The highest BCUT2D eigenvalue weighted by atomic mass is 35.5. The fourth-order valence-electron chi connectivity index (χ4n) is 3.18. The number of nitro groups is 1. The van der Waals surface area contributed by atoms with Crippen LogP contribution in [0.2, 0.25) is 5.02 Å². The second kappa shape index (κ2) is 6.46. The summed E-state index contributed by atoms with van der Waals surface area (Å²) in [6, 6.07) is 6.68. The molecule has 0 radical (unpaired) electrons. The monoisotopic (exact) mass is 342 g/mol. The maximum absolute atomic E-state index is 11.2. The number of benzene rings is 1. The highest BCUT2D eigenvalue weighted by molar-refractivity contribution is 6.32. The summed E-state index contributed by atoms with van der Waals surface area (Å²) in [5, 5.41) is 20.8. The van der Waals surface area contributed by atoms with E-state index < -0.39 is 4.92 Å². The molecular weight excluding hydrogens is 328 g/mol. The van der Waals surface area contributed by atoms with Gasteiger partial charge in [-0.05, 0) is 42.9 Å². The van der Waals surface area contributed by atoms with E-state index in [-0.39, 0.29) is 22.1 Å². The highest BCUT2D eigenvalue weighted by Gasteiger charge is 2.23. The Kier molecular flexibility index (Phi) is 4.36. The van der Waals surface area contributed by atoms with Crippen LogP contribution in [0.25, 0.3) is 11.1 Å². The van der Waals surface area contributed by atoms with Crippen LogP contribution < -0.4 is 5.73 Å². The molecule has 0 bridgehead atoms. The molecule has 6 nitrogen and oxygen atoms in total. The van der Waals surface area contributed by atoms with E-state index in [1.54, 1.807) is 6.07 Å². The molecule has 0 saturated carbocycles. The molecule has 7 heteroatoms. The van der Waals surface area contributed by atoms with Crippen LogP contribution in [-0.4, -0.2) is 9.91 Å². The van der Waals surface area contributed by atoms with E-state index in [4.69, 9.17) is 17.3 Å². The predicted octanol–water partition coefficient (Wildman–Crippen LogP) is 4.03. The number of halogens is 1. The molecule has 24 heavy (non-hydrogen) atoms. The van der Waals surface area contributed by atoms with Gasteiger partial charge in [-0.1, -0.05) is 24.1 Å². The number of nitriles is 1. The molecule has 0 spiro atoms. The van der Waals surface area contributed by atoms with Gasteiger partial charge >= 0.3 is 0 Å². The van der Waals surface area contributed by atoms with Gasteiger partial charge in [0.2, 0.25) is 0 Å². The molecule has 1 aliphatic rings. The first kappa shape index (κ1) is 16.2. The number of aryl methyl sites for hydroxylation is 1. The van der Waals surface area contributed by atoms with Gasteiger partial charge < -0.3 is 5.73 Å². The Morgan fingerprint density at radius 1 is 1.29 bits per heavy atom. The van der Waals surface area contributed by atoms with Gasteiger partial charge in [-0.15, -0.1) is 0 Å². The first-order chi connectivity index (χ1) is 11.5. The maximum Gasteiger partial charge on any atom is 0.288 e. The van der Waals surface area contributed by atoms with Crippen molar-refractivity contribution in [1.82, 2.24) is 4.98 Å². The number of nitro benzene ring substituents is 1. The summed E-state index contributed by atoms with van der Waals surface area (Å²) < 4.78 is 0. The van der Waals surface area contributed by atoms with Crippen LogP contribution in [0, 0.1) is 21.4 Å². The average molecular weight is 343 g/mol. The molecule has 0 unspecified atom stereocenters. The molecule has 0 saturated heterocycles. The Bertz CT molecular complexity index is 874. The van der Waals surface area contributed by atoms with Gasteiger partial charge in [0.25, 0.3) is 5.69 Å². The fraction of sp³-hybridized carbons (Fsp3) is 0.294. The smallest absolute Gasteiger partial charge is 0.288 e. The second-order valence-electron chi connectivity index (χ2n) is 5.77. The summed E-state index contributed by atoms with van der Waals surface area (Å²) in [5.74, 6) is 0.172. The molecule has 3 rings (SSSR count). The van der Waals surface area contributed by atoms with Crippen molar-refractivity contribution >= 4 is 23.1 Å². The molecule has 2 N–H and O–H groups in total. The average Bonchev–Trinajstić information content (AvgIpc) is 2.79. The predicted molar refractivity (Wildman–Crippen MR) is 91.7 cm³/mol. The molecule has 1 aliphatic carbocycles.